The minimum absolute atomic E-state index is 0.335. The van der Waals surface area contributed by atoms with Crippen molar-refractivity contribution in [1.29, 1.82) is 0 Å². The quantitative estimate of drug-likeness (QED) is 0.603. The van der Waals surface area contributed by atoms with Gasteiger partial charge in [0, 0.05) is 24.9 Å². The van der Waals surface area contributed by atoms with Crippen molar-refractivity contribution in [3.05, 3.63) is 47.4 Å². The molecule has 2 aliphatic heterocycles. The van der Waals surface area contributed by atoms with Gasteiger partial charge in [0.1, 0.15) is 17.1 Å². The molecule has 0 spiro atoms. The monoisotopic (exact) mass is 276 g/mol. The van der Waals surface area contributed by atoms with Gasteiger partial charge < -0.3 is 14.5 Å². The van der Waals surface area contributed by atoms with Crippen LogP contribution in [0.1, 0.15) is 5.56 Å². The summed E-state index contributed by atoms with van der Waals surface area (Å²) < 4.78 is 18.2. The van der Waals surface area contributed by atoms with Crippen LogP contribution >= 0.6 is 0 Å². The smallest absolute Gasteiger partial charge is 0.369 e. The van der Waals surface area contributed by atoms with Crippen LogP contribution in [0.15, 0.2) is 41.2 Å². The average molecular weight is 276 g/mol. The van der Waals surface area contributed by atoms with Gasteiger partial charge in [-0.15, -0.1) is 0 Å². The minimum atomic E-state index is -0.490. The molecular formula is C14H13FN2O3. The molecule has 5 nitrogen and oxygen atoms in total. The highest BCUT2D eigenvalue weighted by Crippen LogP contribution is 2.19. The number of benzene rings is 1. The zero-order chi connectivity index (χ0) is 13.9. The largest absolute Gasteiger partial charge is 0.378 e. The molecule has 0 saturated carbocycles. The molecule has 20 heavy (non-hydrogen) atoms. The van der Waals surface area contributed by atoms with Crippen molar-refractivity contribution in [2.45, 2.75) is 0 Å². The Morgan fingerprint density at radius 2 is 1.90 bits per heavy atom. The molecule has 2 aliphatic rings. The molecular weight excluding hydrogens is 263 g/mol. The highest BCUT2D eigenvalue weighted by molar-refractivity contribution is 6.28. The second-order valence-electron chi connectivity index (χ2n) is 4.52. The molecule has 2 heterocycles. The van der Waals surface area contributed by atoms with Gasteiger partial charge in [-0.2, -0.15) is 0 Å². The molecule has 3 rings (SSSR count). The fourth-order valence-electron chi connectivity index (χ4n) is 2.10. The molecule has 0 aliphatic carbocycles. The molecule has 0 unspecified atom stereocenters. The number of carbonyl (C=O) groups is 1. The Labute approximate surface area is 115 Å². The van der Waals surface area contributed by atoms with Gasteiger partial charge in [0.2, 0.25) is 0 Å². The first-order valence-corrected chi connectivity index (χ1v) is 6.33. The summed E-state index contributed by atoms with van der Waals surface area (Å²) in [6.45, 7) is 2.69. The highest BCUT2D eigenvalue weighted by Gasteiger charge is 2.28. The van der Waals surface area contributed by atoms with E-state index in [9.17, 15) is 9.18 Å². The number of carbonyl (C=O) groups excluding carboxylic acids is 1. The summed E-state index contributed by atoms with van der Waals surface area (Å²) in [6.07, 6.45) is 1.74. The third-order valence-corrected chi connectivity index (χ3v) is 3.17. The van der Waals surface area contributed by atoms with Crippen molar-refractivity contribution >= 4 is 11.7 Å². The Kier molecular flexibility index (Phi) is 3.47. The first-order chi connectivity index (χ1) is 9.74. The molecule has 1 aromatic carbocycles. The second kappa shape index (κ2) is 5.42. The number of hydrogen-bond acceptors (Lipinski definition) is 5. The van der Waals surface area contributed by atoms with Gasteiger partial charge in [0.15, 0.2) is 0 Å². The minimum Gasteiger partial charge on any atom is -0.378 e. The zero-order valence-corrected chi connectivity index (χ0v) is 10.7. The summed E-state index contributed by atoms with van der Waals surface area (Å²) in [5.41, 5.74) is 1.47. The maximum Gasteiger partial charge on any atom is 0.369 e. The van der Waals surface area contributed by atoms with E-state index in [4.69, 9.17) is 9.57 Å². The molecule has 0 radical (unpaired) electrons. The van der Waals surface area contributed by atoms with Crippen LogP contribution in [0.5, 0.6) is 0 Å². The summed E-state index contributed by atoms with van der Waals surface area (Å²) in [4.78, 5) is 18.5. The summed E-state index contributed by atoms with van der Waals surface area (Å²) in [5.74, 6) is -0.825. The molecule has 0 amide bonds. The van der Waals surface area contributed by atoms with E-state index in [1.807, 2.05) is 4.90 Å². The van der Waals surface area contributed by atoms with E-state index in [0.717, 1.165) is 0 Å². The third-order valence-electron chi connectivity index (χ3n) is 3.17. The number of rotatable bonds is 2. The van der Waals surface area contributed by atoms with E-state index in [2.05, 4.69) is 5.16 Å². The summed E-state index contributed by atoms with van der Waals surface area (Å²) in [5, 5.41) is 3.78. The van der Waals surface area contributed by atoms with Crippen LogP contribution in [-0.4, -0.2) is 42.9 Å². The summed E-state index contributed by atoms with van der Waals surface area (Å²) in [6, 6.07) is 5.80. The van der Waals surface area contributed by atoms with Crippen LogP contribution in [0, 0.1) is 5.82 Å². The lowest BCUT2D eigenvalue weighted by Gasteiger charge is -2.25. The SMILES string of the molecule is O=C1ON=C(c2ccc(F)cc2)/C1=C/N1CCOCC1. The summed E-state index contributed by atoms with van der Waals surface area (Å²) in [7, 11) is 0. The van der Waals surface area contributed by atoms with Gasteiger partial charge in [0.05, 0.1) is 13.2 Å². The number of halogens is 1. The fourth-order valence-corrected chi connectivity index (χ4v) is 2.10. The predicted octanol–water partition coefficient (Wildman–Crippen LogP) is 1.30. The Hall–Kier alpha value is -2.21. The van der Waals surface area contributed by atoms with Crippen LogP contribution in [0.3, 0.4) is 0 Å². The van der Waals surface area contributed by atoms with Gasteiger partial charge in [-0.25, -0.2) is 9.18 Å². The molecule has 104 valence electrons. The van der Waals surface area contributed by atoms with Crippen LogP contribution < -0.4 is 0 Å². The van der Waals surface area contributed by atoms with E-state index in [1.54, 1.807) is 18.3 Å². The number of ether oxygens (including phenoxy) is 1. The molecule has 6 heteroatoms. The molecule has 0 aromatic heterocycles. The third kappa shape index (κ3) is 2.55. The van der Waals surface area contributed by atoms with E-state index in [-0.39, 0.29) is 5.82 Å². The number of hydrogen-bond donors (Lipinski definition) is 0. The molecule has 0 atom stereocenters. The Morgan fingerprint density at radius 1 is 1.20 bits per heavy atom. The van der Waals surface area contributed by atoms with E-state index in [1.165, 1.54) is 12.1 Å². The lowest BCUT2D eigenvalue weighted by Crippen LogP contribution is -2.33. The summed E-state index contributed by atoms with van der Waals surface area (Å²) >= 11 is 0. The van der Waals surface area contributed by atoms with Crippen LogP contribution in [0.25, 0.3) is 0 Å². The Bertz CT molecular complexity index is 575. The standard InChI is InChI=1S/C14H13FN2O3/c15-11-3-1-10(2-4-11)13-12(14(18)20-16-13)9-17-5-7-19-8-6-17/h1-4,9H,5-8H2/b12-9-. The lowest BCUT2D eigenvalue weighted by atomic mass is 10.0. The van der Waals surface area contributed by atoms with Crippen molar-refractivity contribution in [2.24, 2.45) is 5.16 Å². The maximum atomic E-state index is 12.9. The van der Waals surface area contributed by atoms with Crippen LogP contribution in [0.4, 0.5) is 4.39 Å². The van der Waals surface area contributed by atoms with Crippen molar-refractivity contribution in [3.63, 3.8) is 0 Å². The van der Waals surface area contributed by atoms with E-state index < -0.39 is 5.97 Å². The van der Waals surface area contributed by atoms with Crippen LogP contribution in [0.2, 0.25) is 0 Å². The first-order valence-electron chi connectivity index (χ1n) is 6.33. The average Bonchev–Trinajstić information content (AvgIpc) is 2.83. The van der Waals surface area contributed by atoms with E-state index in [0.29, 0.717) is 43.2 Å². The van der Waals surface area contributed by atoms with Crippen molar-refractivity contribution in [2.75, 3.05) is 26.3 Å². The molecule has 1 saturated heterocycles. The van der Waals surface area contributed by atoms with Gasteiger partial charge in [0.25, 0.3) is 0 Å². The number of morpholine rings is 1. The normalized spacial score (nSPS) is 21.1. The van der Waals surface area contributed by atoms with E-state index >= 15 is 0 Å². The van der Waals surface area contributed by atoms with Gasteiger partial charge >= 0.3 is 5.97 Å². The van der Waals surface area contributed by atoms with Gasteiger partial charge in [-0.05, 0) is 24.3 Å². The van der Waals surface area contributed by atoms with Gasteiger partial charge in [-0.3, -0.25) is 0 Å². The highest BCUT2D eigenvalue weighted by atomic mass is 19.1. The zero-order valence-electron chi connectivity index (χ0n) is 10.7. The Balaban J connectivity index is 1.87. The fraction of sp³-hybridized carbons (Fsp3) is 0.286. The predicted molar refractivity (Wildman–Crippen MR) is 69.5 cm³/mol. The van der Waals surface area contributed by atoms with Gasteiger partial charge in [-0.1, -0.05) is 5.16 Å². The van der Waals surface area contributed by atoms with Crippen LogP contribution in [-0.2, 0) is 14.4 Å². The first kappa shape index (κ1) is 12.8. The lowest BCUT2D eigenvalue weighted by molar-refractivity contribution is -0.137. The molecule has 1 aromatic rings. The number of nitrogens with zero attached hydrogens (tertiary/aromatic N) is 2. The molecule has 0 N–H and O–H groups in total. The van der Waals surface area contributed by atoms with Crippen molar-refractivity contribution in [3.8, 4) is 0 Å². The van der Waals surface area contributed by atoms with Crippen molar-refractivity contribution in [1.82, 2.24) is 4.90 Å². The van der Waals surface area contributed by atoms with Crippen molar-refractivity contribution < 1.29 is 18.8 Å². The second-order valence-corrected chi connectivity index (χ2v) is 4.52. The topological polar surface area (TPSA) is 51.1 Å². The number of oxime groups is 1. The maximum absolute atomic E-state index is 12.9. The molecule has 1 fully saturated rings. The molecule has 0 bridgehead atoms. The Morgan fingerprint density at radius 3 is 2.60 bits per heavy atom.